The fourth-order valence-electron chi connectivity index (χ4n) is 2.42. The molecule has 1 N–H and O–H groups in total. The summed E-state index contributed by atoms with van der Waals surface area (Å²) in [7, 11) is 0. The molecule has 0 radical (unpaired) electrons. The fourth-order valence-corrected chi connectivity index (χ4v) is 3.10. The maximum atomic E-state index is 12.3. The Bertz CT molecular complexity index is 1030. The van der Waals surface area contributed by atoms with Crippen LogP contribution in [0.3, 0.4) is 0 Å². The molecular weight excluding hydrogens is 400 g/mol. The lowest BCUT2D eigenvalue weighted by atomic mass is 10.1. The van der Waals surface area contributed by atoms with E-state index in [1.165, 1.54) is 36.4 Å². The highest BCUT2D eigenvalue weighted by molar-refractivity contribution is 8.18. The number of ether oxygens (including phenoxy) is 2. The minimum Gasteiger partial charge on any atom is -0.490 e. The van der Waals surface area contributed by atoms with Crippen LogP contribution in [0.15, 0.2) is 47.4 Å². The Hall–Kier alpha value is -3.66. The van der Waals surface area contributed by atoms with Crippen molar-refractivity contribution in [1.82, 2.24) is 5.32 Å². The minimum atomic E-state index is -0.705. The topological polar surface area (TPSA) is 125 Å². The minimum absolute atomic E-state index is 0.138. The summed E-state index contributed by atoms with van der Waals surface area (Å²) in [4.78, 5) is 45.7. The lowest BCUT2D eigenvalue weighted by molar-refractivity contribution is -0.384. The first-order valence-corrected chi connectivity index (χ1v) is 9.17. The Morgan fingerprint density at radius 1 is 1.17 bits per heavy atom. The third-order valence-corrected chi connectivity index (χ3v) is 4.53. The van der Waals surface area contributed by atoms with Crippen LogP contribution in [0.4, 0.5) is 10.5 Å². The SMILES string of the molecule is CCOc1cc(/C=C2/SC(=O)NC2=O)ccc1OC(=O)c1ccc([N+](=O)[O-])cc1. The van der Waals surface area contributed by atoms with Gasteiger partial charge in [-0.25, -0.2) is 4.79 Å². The van der Waals surface area contributed by atoms with Gasteiger partial charge >= 0.3 is 5.97 Å². The van der Waals surface area contributed by atoms with E-state index in [1.54, 1.807) is 19.1 Å². The van der Waals surface area contributed by atoms with Gasteiger partial charge < -0.3 is 9.47 Å². The van der Waals surface area contributed by atoms with Crippen molar-refractivity contribution in [1.29, 1.82) is 0 Å². The number of hydrogen-bond donors (Lipinski definition) is 1. The molecule has 0 saturated carbocycles. The van der Waals surface area contributed by atoms with Crippen molar-refractivity contribution in [3.05, 3.63) is 68.6 Å². The van der Waals surface area contributed by atoms with Crippen LogP contribution >= 0.6 is 11.8 Å². The summed E-state index contributed by atoms with van der Waals surface area (Å²) in [5.41, 5.74) is 0.582. The van der Waals surface area contributed by atoms with E-state index in [0.29, 0.717) is 12.2 Å². The van der Waals surface area contributed by atoms with Crippen LogP contribution in [-0.2, 0) is 4.79 Å². The van der Waals surface area contributed by atoms with E-state index in [9.17, 15) is 24.5 Å². The van der Waals surface area contributed by atoms with Crippen molar-refractivity contribution in [2.45, 2.75) is 6.92 Å². The average molecular weight is 414 g/mol. The van der Waals surface area contributed by atoms with E-state index < -0.39 is 22.0 Å². The number of rotatable bonds is 6. The van der Waals surface area contributed by atoms with Gasteiger partial charge in [-0.3, -0.25) is 25.0 Å². The van der Waals surface area contributed by atoms with Gasteiger partial charge in [0.05, 0.1) is 22.0 Å². The first kappa shape index (κ1) is 20.1. The molecule has 148 valence electrons. The number of esters is 1. The molecule has 0 atom stereocenters. The number of hydrogen-bond acceptors (Lipinski definition) is 8. The summed E-state index contributed by atoms with van der Waals surface area (Å²) in [5, 5.41) is 12.4. The van der Waals surface area contributed by atoms with Gasteiger partial charge in [0.25, 0.3) is 16.8 Å². The molecule has 2 amide bonds. The monoisotopic (exact) mass is 414 g/mol. The molecule has 0 unspecified atom stereocenters. The lowest BCUT2D eigenvalue weighted by Crippen LogP contribution is -2.17. The maximum absolute atomic E-state index is 12.3. The van der Waals surface area contributed by atoms with Crippen molar-refractivity contribution in [3.8, 4) is 11.5 Å². The molecule has 1 heterocycles. The van der Waals surface area contributed by atoms with Gasteiger partial charge in [-0.05, 0) is 54.6 Å². The van der Waals surface area contributed by atoms with E-state index >= 15 is 0 Å². The smallest absolute Gasteiger partial charge is 0.343 e. The number of benzene rings is 2. The summed E-state index contributed by atoms with van der Waals surface area (Å²) < 4.78 is 10.9. The highest BCUT2D eigenvalue weighted by atomic mass is 32.2. The number of nitro benzene ring substituents is 1. The Morgan fingerprint density at radius 2 is 1.90 bits per heavy atom. The molecule has 0 spiro atoms. The molecule has 1 aliphatic rings. The molecule has 1 saturated heterocycles. The van der Waals surface area contributed by atoms with Crippen LogP contribution in [0, 0.1) is 10.1 Å². The zero-order chi connectivity index (χ0) is 21.0. The van der Waals surface area contributed by atoms with Crippen LogP contribution < -0.4 is 14.8 Å². The quantitative estimate of drug-likeness (QED) is 0.250. The lowest BCUT2D eigenvalue weighted by Gasteiger charge is -2.11. The van der Waals surface area contributed by atoms with Crippen molar-refractivity contribution in [2.75, 3.05) is 6.61 Å². The van der Waals surface area contributed by atoms with E-state index in [4.69, 9.17) is 9.47 Å². The van der Waals surface area contributed by atoms with Gasteiger partial charge in [-0.15, -0.1) is 0 Å². The van der Waals surface area contributed by atoms with Crippen LogP contribution in [0.5, 0.6) is 11.5 Å². The van der Waals surface area contributed by atoms with Gasteiger partial charge in [-0.1, -0.05) is 6.07 Å². The number of imide groups is 1. The van der Waals surface area contributed by atoms with E-state index in [-0.39, 0.29) is 27.7 Å². The predicted molar refractivity (Wildman–Crippen MR) is 105 cm³/mol. The van der Waals surface area contributed by atoms with Gasteiger partial charge in [0, 0.05) is 12.1 Å². The zero-order valence-corrected chi connectivity index (χ0v) is 15.9. The van der Waals surface area contributed by atoms with Crippen LogP contribution in [0.1, 0.15) is 22.8 Å². The Labute approximate surface area is 168 Å². The van der Waals surface area contributed by atoms with Crippen molar-refractivity contribution in [3.63, 3.8) is 0 Å². The van der Waals surface area contributed by atoms with E-state index in [2.05, 4.69) is 5.32 Å². The molecule has 1 aliphatic heterocycles. The second kappa shape index (κ2) is 8.57. The molecule has 2 aromatic carbocycles. The second-order valence-electron chi connectivity index (χ2n) is 5.68. The van der Waals surface area contributed by atoms with Gasteiger partial charge in [0.2, 0.25) is 0 Å². The first-order valence-electron chi connectivity index (χ1n) is 8.35. The number of nitro groups is 1. The number of carbonyl (C=O) groups is 3. The first-order chi connectivity index (χ1) is 13.9. The molecule has 0 aliphatic carbocycles. The van der Waals surface area contributed by atoms with Gasteiger partial charge in [0.1, 0.15) is 0 Å². The molecule has 0 aromatic heterocycles. The van der Waals surface area contributed by atoms with Crippen LogP contribution in [0.25, 0.3) is 6.08 Å². The number of nitrogens with one attached hydrogen (secondary N) is 1. The zero-order valence-electron chi connectivity index (χ0n) is 15.0. The fraction of sp³-hybridized carbons (Fsp3) is 0.105. The highest BCUT2D eigenvalue weighted by Crippen LogP contribution is 2.32. The second-order valence-corrected chi connectivity index (χ2v) is 6.70. The summed E-state index contributed by atoms with van der Waals surface area (Å²) in [5.74, 6) is -0.765. The van der Waals surface area contributed by atoms with Crippen LogP contribution in [-0.4, -0.2) is 28.6 Å². The Kier molecular flexibility index (Phi) is 5.93. The van der Waals surface area contributed by atoms with Crippen LogP contribution in [0.2, 0.25) is 0 Å². The summed E-state index contributed by atoms with van der Waals surface area (Å²) in [6.45, 7) is 2.06. The number of carbonyl (C=O) groups excluding carboxylic acids is 3. The third-order valence-electron chi connectivity index (χ3n) is 3.72. The normalized spacial score (nSPS) is 14.6. The molecular formula is C19H14N2O7S. The maximum Gasteiger partial charge on any atom is 0.343 e. The average Bonchev–Trinajstić information content (AvgIpc) is 3.00. The van der Waals surface area contributed by atoms with Crippen molar-refractivity contribution < 1.29 is 28.8 Å². The number of thioether (sulfide) groups is 1. The molecule has 1 fully saturated rings. The summed E-state index contributed by atoms with van der Waals surface area (Å²) in [6.07, 6.45) is 1.52. The third kappa shape index (κ3) is 4.79. The molecule has 10 heteroatoms. The number of nitrogens with zero attached hydrogens (tertiary/aromatic N) is 1. The largest absolute Gasteiger partial charge is 0.490 e. The number of amides is 2. The molecule has 9 nitrogen and oxygen atoms in total. The van der Waals surface area contributed by atoms with Gasteiger partial charge in [0.15, 0.2) is 11.5 Å². The summed E-state index contributed by atoms with van der Waals surface area (Å²) in [6, 6.07) is 9.69. The Morgan fingerprint density at radius 3 is 2.48 bits per heavy atom. The summed E-state index contributed by atoms with van der Waals surface area (Å²) >= 11 is 0.790. The molecule has 3 rings (SSSR count). The highest BCUT2D eigenvalue weighted by Gasteiger charge is 2.25. The predicted octanol–water partition coefficient (Wildman–Crippen LogP) is 3.54. The Balaban J connectivity index is 1.82. The van der Waals surface area contributed by atoms with E-state index in [1.807, 2.05) is 0 Å². The molecule has 29 heavy (non-hydrogen) atoms. The molecule has 0 bridgehead atoms. The van der Waals surface area contributed by atoms with Crippen molar-refractivity contribution >= 4 is 40.6 Å². The van der Waals surface area contributed by atoms with Crippen molar-refractivity contribution in [2.24, 2.45) is 0 Å². The number of non-ortho nitro benzene ring substituents is 1. The molecule has 2 aromatic rings. The standard InChI is InChI=1S/C19H14N2O7S/c1-2-27-15-9-11(10-16-17(22)20-19(24)29-16)3-8-14(15)28-18(23)12-4-6-13(7-5-12)21(25)26/h3-10H,2H2,1H3,(H,20,22,24)/b16-10+. The van der Waals surface area contributed by atoms with Gasteiger partial charge in [-0.2, -0.15) is 0 Å². The van der Waals surface area contributed by atoms with E-state index in [0.717, 1.165) is 11.8 Å².